The molecule has 3 heterocycles. The number of nitrogens with zero attached hydrogens (tertiary/aromatic N) is 3. The third kappa shape index (κ3) is 2.03. The van der Waals surface area contributed by atoms with Crippen molar-refractivity contribution >= 4 is 17.0 Å². The third-order valence-corrected chi connectivity index (χ3v) is 4.32. The van der Waals surface area contributed by atoms with Crippen LogP contribution in [-0.4, -0.2) is 20.1 Å². The maximum Gasteiger partial charge on any atom is 0.341 e. The Hall–Kier alpha value is -3.29. The quantitative estimate of drug-likeness (QED) is 0.619. The Morgan fingerprint density at radius 3 is 2.60 bits per heavy atom. The lowest BCUT2D eigenvalue weighted by molar-refractivity contribution is 0.0534. The number of fused-ring (bicyclic) bond motifs is 2. The van der Waals surface area contributed by atoms with Gasteiger partial charge in [-0.2, -0.15) is 0 Å². The highest BCUT2D eigenvalue weighted by Crippen LogP contribution is 2.34. The fraction of sp³-hybridized carbons (Fsp3) is 0.176. The fourth-order valence-electron chi connectivity index (χ4n) is 3.10. The second kappa shape index (κ2) is 5.10. The minimum absolute atomic E-state index is 0.0597. The van der Waals surface area contributed by atoms with Crippen molar-refractivity contribution in [3.63, 3.8) is 0 Å². The van der Waals surface area contributed by atoms with Gasteiger partial charge >= 0.3 is 11.7 Å². The van der Waals surface area contributed by atoms with Gasteiger partial charge in [0.1, 0.15) is 18.1 Å². The second-order valence-corrected chi connectivity index (χ2v) is 5.80. The zero-order chi connectivity index (χ0) is 17.9. The van der Waals surface area contributed by atoms with E-state index in [2.05, 4.69) is 4.98 Å². The Labute approximate surface area is 139 Å². The van der Waals surface area contributed by atoms with Gasteiger partial charge in [-0.1, -0.05) is 12.1 Å². The van der Waals surface area contributed by atoms with Crippen molar-refractivity contribution in [2.75, 3.05) is 0 Å². The summed E-state index contributed by atoms with van der Waals surface area (Å²) in [6, 6.07) is 5.56. The minimum atomic E-state index is -0.625. The first-order valence-electron chi connectivity index (χ1n) is 7.46. The van der Waals surface area contributed by atoms with E-state index in [1.165, 1.54) is 36.9 Å². The molecular weight excluding hydrogens is 329 g/mol. The summed E-state index contributed by atoms with van der Waals surface area (Å²) in [4.78, 5) is 41.4. The van der Waals surface area contributed by atoms with E-state index in [4.69, 9.17) is 4.74 Å². The van der Waals surface area contributed by atoms with E-state index >= 15 is 0 Å². The molecule has 0 radical (unpaired) electrons. The number of esters is 1. The lowest BCUT2D eigenvalue weighted by Gasteiger charge is -2.13. The normalized spacial score (nSPS) is 13.2. The average molecular weight is 341 g/mol. The molecule has 0 N–H and O–H groups in total. The molecule has 0 amide bonds. The highest BCUT2D eigenvalue weighted by molar-refractivity contribution is 6.08. The molecule has 0 spiro atoms. The molecule has 25 heavy (non-hydrogen) atoms. The molecule has 0 atom stereocenters. The van der Waals surface area contributed by atoms with Gasteiger partial charge in [-0.05, 0) is 17.7 Å². The van der Waals surface area contributed by atoms with E-state index in [1.807, 2.05) is 0 Å². The fourth-order valence-corrected chi connectivity index (χ4v) is 3.10. The molecule has 0 saturated heterocycles. The summed E-state index contributed by atoms with van der Waals surface area (Å²) < 4.78 is 20.9. The Bertz CT molecular complexity index is 1190. The van der Waals surface area contributed by atoms with Crippen LogP contribution in [0.3, 0.4) is 0 Å². The lowest BCUT2D eigenvalue weighted by atomic mass is 9.96. The number of hydrogen-bond donors (Lipinski definition) is 0. The smallest absolute Gasteiger partial charge is 0.341 e. The molecule has 0 saturated carbocycles. The predicted octanol–water partition coefficient (Wildman–Crippen LogP) is 1.11. The van der Waals surface area contributed by atoms with Crippen molar-refractivity contribution < 1.29 is 13.9 Å². The molecule has 0 bridgehead atoms. The molecule has 0 unspecified atom stereocenters. The molecule has 1 aromatic carbocycles. The third-order valence-electron chi connectivity index (χ3n) is 4.32. The van der Waals surface area contributed by atoms with Gasteiger partial charge in [-0.15, -0.1) is 0 Å². The average Bonchev–Trinajstić information content (AvgIpc) is 2.97. The largest absolute Gasteiger partial charge is 0.455 e. The summed E-state index contributed by atoms with van der Waals surface area (Å²) in [7, 11) is 2.82. The monoisotopic (exact) mass is 341 g/mol. The number of halogens is 1. The highest BCUT2D eigenvalue weighted by atomic mass is 19.1. The summed E-state index contributed by atoms with van der Waals surface area (Å²) in [6.07, 6.45) is 0. The van der Waals surface area contributed by atoms with Crippen LogP contribution in [0.1, 0.15) is 16.1 Å². The van der Waals surface area contributed by atoms with Gasteiger partial charge < -0.3 is 4.74 Å². The van der Waals surface area contributed by atoms with E-state index < -0.39 is 23.0 Å². The van der Waals surface area contributed by atoms with Gasteiger partial charge in [0, 0.05) is 19.7 Å². The van der Waals surface area contributed by atoms with Crippen LogP contribution in [0.5, 0.6) is 0 Å². The Morgan fingerprint density at radius 1 is 1.12 bits per heavy atom. The lowest BCUT2D eigenvalue weighted by Crippen LogP contribution is -2.37. The van der Waals surface area contributed by atoms with Gasteiger partial charge in [0.05, 0.1) is 16.6 Å². The van der Waals surface area contributed by atoms with Crippen molar-refractivity contribution in [1.82, 2.24) is 14.1 Å². The van der Waals surface area contributed by atoms with E-state index in [9.17, 15) is 18.8 Å². The molecule has 2 aromatic heterocycles. The Balaban J connectivity index is 2.31. The van der Waals surface area contributed by atoms with Crippen LogP contribution in [0.4, 0.5) is 4.39 Å². The van der Waals surface area contributed by atoms with Crippen LogP contribution in [0.15, 0.2) is 33.9 Å². The molecular formula is C17H12FN3O4. The maximum atomic E-state index is 13.8. The SMILES string of the molecule is Cn1c(=O)c2c(-c3cccc(F)c3)c3c(nc2n(C)c1=O)COC3=O. The molecule has 0 fully saturated rings. The van der Waals surface area contributed by atoms with Gasteiger partial charge in [0.25, 0.3) is 5.56 Å². The predicted molar refractivity (Wildman–Crippen MR) is 86.7 cm³/mol. The van der Waals surface area contributed by atoms with Gasteiger partial charge in [0.15, 0.2) is 0 Å². The second-order valence-electron chi connectivity index (χ2n) is 5.80. The number of hydrogen-bond acceptors (Lipinski definition) is 5. The summed E-state index contributed by atoms with van der Waals surface area (Å²) >= 11 is 0. The first-order valence-corrected chi connectivity index (χ1v) is 7.46. The first-order chi connectivity index (χ1) is 11.9. The van der Waals surface area contributed by atoms with Crippen molar-refractivity contribution in [2.24, 2.45) is 14.1 Å². The van der Waals surface area contributed by atoms with Crippen molar-refractivity contribution in [3.05, 3.63) is 62.2 Å². The zero-order valence-electron chi connectivity index (χ0n) is 13.4. The van der Waals surface area contributed by atoms with Crippen LogP contribution >= 0.6 is 0 Å². The van der Waals surface area contributed by atoms with Crippen molar-refractivity contribution in [2.45, 2.75) is 6.61 Å². The Kier molecular flexibility index (Phi) is 3.11. The van der Waals surface area contributed by atoms with Gasteiger partial charge in [-0.25, -0.2) is 19.0 Å². The zero-order valence-corrected chi connectivity index (χ0v) is 13.4. The number of ether oxygens (including phenoxy) is 1. The van der Waals surface area contributed by atoms with Crippen LogP contribution in [0.2, 0.25) is 0 Å². The number of aryl methyl sites for hydroxylation is 1. The number of carbonyl (C=O) groups is 1. The number of aromatic nitrogens is 3. The number of cyclic esters (lactones) is 1. The maximum absolute atomic E-state index is 13.8. The number of benzene rings is 1. The van der Waals surface area contributed by atoms with E-state index in [0.29, 0.717) is 11.3 Å². The minimum Gasteiger partial charge on any atom is -0.455 e. The molecule has 3 aromatic rings. The molecule has 1 aliphatic heterocycles. The summed E-state index contributed by atoms with van der Waals surface area (Å²) in [5, 5.41) is 0.0767. The number of rotatable bonds is 1. The molecule has 126 valence electrons. The molecule has 4 rings (SSSR count). The Morgan fingerprint density at radius 2 is 1.88 bits per heavy atom. The van der Waals surface area contributed by atoms with Crippen LogP contribution in [0, 0.1) is 5.82 Å². The summed E-state index contributed by atoms with van der Waals surface area (Å²) in [5.74, 6) is -1.14. The van der Waals surface area contributed by atoms with Crippen LogP contribution < -0.4 is 11.2 Å². The van der Waals surface area contributed by atoms with E-state index in [1.54, 1.807) is 6.07 Å². The van der Waals surface area contributed by atoms with E-state index in [-0.39, 0.29) is 28.8 Å². The van der Waals surface area contributed by atoms with Crippen LogP contribution in [0.25, 0.3) is 22.2 Å². The summed E-state index contributed by atoms with van der Waals surface area (Å²) in [6.45, 7) is -0.0597. The first kappa shape index (κ1) is 15.3. The van der Waals surface area contributed by atoms with Crippen LogP contribution in [-0.2, 0) is 25.4 Å². The molecule has 8 heteroatoms. The topological polar surface area (TPSA) is 83.2 Å². The highest BCUT2D eigenvalue weighted by Gasteiger charge is 2.31. The van der Waals surface area contributed by atoms with Crippen molar-refractivity contribution in [3.8, 4) is 11.1 Å². The van der Waals surface area contributed by atoms with Crippen molar-refractivity contribution in [1.29, 1.82) is 0 Å². The standard InChI is InChI=1S/C17H12FN3O4/c1-20-14-13(15(22)21(2)17(20)24)11(8-4-3-5-9(18)6-8)12-10(19-14)7-25-16(12)23/h3-6H,7H2,1-2H3. The molecule has 0 aliphatic carbocycles. The van der Waals surface area contributed by atoms with Gasteiger partial charge in [0.2, 0.25) is 0 Å². The van der Waals surface area contributed by atoms with Gasteiger partial charge in [-0.3, -0.25) is 13.9 Å². The summed E-state index contributed by atoms with van der Waals surface area (Å²) in [5.41, 5.74) is 0.0162. The number of carbonyl (C=O) groups excluding carboxylic acids is 1. The molecule has 1 aliphatic rings. The number of pyridine rings is 1. The molecule has 7 nitrogen and oxygen atoms in total. The van der Waals surface area contributed by atoms with E-state index in [0.717, 1.165) is 4.57 Å².